The van der Waals surface area contributed by atoms with Crippen molar-refractivity contribution in [3.8, 4) is 11.8 Å². The van der Waals surface area contributed by atoms with Crippen LogP contribution >= 0.6 is 0 Å². The summed E-state index contributed by atoms with van der Waals surface area (Å²) in [6, 6.07) is 7.40. The summed E-state index contributed by atoms with van der Waals surface area (Å²) in [6.45, 7) is 3.61. The molecular weight excluding hydrogens is 164 g/mol. The minimum absolute atomic E-state index is 0.444. The molecule has 0 aromatic heterocycles. The maximum atomic E-state index is 8.55. The van der Waals surface area contributed by atoms with Gasteiger partial charge in [0.05, 0.1) is 0 Å². The van der Waals surface area contributed by atoms with Crippen molar-refractivity contribution in [2.45, 2.75) is 20.0 Å². The van der Waals surface area contributed by atoms with Crippen LogP contribution in [0.15, 0.2) is 18.2 Å². The van der Waals surface area contributed by atoms with Crippen molar-refractivity contribution in [3.63, 3.8) is 0 Å². The van der Waals surface area contributed by atoms with Crippen molar-refractivity contribution in [1.82, 2.24) is 0 Å². The van der Waals surface area contributed by atoms with E-state index in [2.05, 4.69) is 0 Å². The number of nitriles is 1. The number of nitrogen functional groups attached to an aromatic ring is 1. The molecule has 1 unspecified atom stereocenters. The van der Waals surface area contributed by atoms with Gasteiger partial charge in [0.15, 0.2) is 6.10 Å². The Morgan fingerprint density at radius 2 is 2.23 bits per heavy atom. The summed E-state index contributed by atoms with van der Waals surface area (Å²) in [7, 11) is 0. The van der Waals surface area contributed by atoms with Crippen LogP contribution in [0.3, 0.4) is 0 Å². The summed E-state index contributed by atoms with van der Waals surface area (Å²) in [6.07, 6.45) is -0.444. The van der Waals surface area contributed by atoms with E-state index in [0.717, 1.165) is 5.56 Å². The molecule has 3 nitrogen and oxygen atoms in total. The molecule has 0 heterocycles. The molecule has 1 atom stereocenters. The van der Waals surface area contributed by atoms with Crippen molar-refractivity contribution in [2.75, 3.05) is 5.73 Å². The Morgan fingerprint density at radius 1 is 1.54 bits per heavy atom. The maximum absolute atomic E-state index is 8.55. The van der Waals surface area contributed by atoms with Gasteiger partial charge in [-0.15, -0.1) is 0 Å². The smallest absolute Gasteiger partial charge is 0.181 e. The van der Waals surface area contributed by atoms with E-state index >= 15 is 0 Å². The average molecular weight is 176 g/mol. The minimum atomic E-state index is -0.444. The Balaban J connectivity index is 2.88. The second kappa shape index (κ2) is 3.81. The quantitative estimate of drug-likeness (QED) is 0.700. The number of aryl methyl sites for hydroxylation is 1. The maximum Gasteiger partial charge on any atom is 0.181 e. The van der Waals surface area contributed by atoms with Gasteiger partial charge in [0.2, 0.25) is 0 Å². The summed E-state index contributed by atoms with van der Waals surface area (Å²) in [5, 5.41) is 8.55. The van der Waals surface area contributed by atoms with E-state index in [1.54, 1.807) is 19.1 Å². The summed E-state index contributed by atoms with van der Waals surface area (Å²) in [4.78, 5) is 0. The molecular formula is C10H12N2O. The molecule has 1 rings (SSSR count). The molecule has 0 amide bonds. The highest BCUT2D eigenvalue weighted by Gasteiger charge is 2.04. The summed E-state index contributed by atoms with van der Waals surface area (Å²) >= 11 is 0. The first-order chi connectivity index (χ1) is 6.13. The van der Waals surface area contributed by atoms with Crippen LogP contribution in [0.5, 0.6) is 5.75 Å². The third-order valence-electron chi connectivity index (χ3n) is 1.70. The highest BCUT2D eigenvalue weighted by atomic mass is 16.5. The second-order valence-electron chi connectivity index (χ2n) is 2.91. The fourth-order valence-electron chi connectivity index (χ4n) is 0.960. The SMILES string of the molecule is Cc1ccc(N)cc1OC(C)C#N. The molecule has 0 bridgehead atoms. The molecule has 3 heteroatoms. The number of anilines is 1. The Morgan fingerprint density at radius 3 is 2.85 bits per heavy atom. The van der Waals surface area contributed by atoms with Gasteiger partial charge in [0, 0.05) is 11.8 Å². The molecule has 2 N–H and O–H groups in total. The number of ether oxygens (including phenoxy) is 1. The minimum Gasteiger partial charge on any atom is -0.476 e. The summed E-state index contributed by atoms with van der Waals surface area (Å²) in [5.41, 5.74) is 7.21. The third kappa shape index (κ3) is 2.38. The molecule has 0 aliphatic carbocycles. The number of hydrogen-bond acceptors (Lipinski definition) is 3. The first-order valence-corrected chi connectivity index (χ1v) is 4.06. The lowest BCUT2D eigenvalue weighted by Crippen LogP contribution is -2.09. The van der Waals surface area contributed by atoms with Crippen LogP contribution in [0.25, 0.3) is 0 Å². The van der Waals surface area contributed by atoms with Crippen molar-refractivity contribution in [2.24, 2.45) is 0 Å². The zero-order valence-corrected chi connectivity index (χ0v) is 7.74. The van der Waals surface area contributed by atoms with Crippen LogP contribution in [0.2, 0.25) is 0 Å². The van der Waals surface area contributed by atoms with E-state index < -0.39 is 6.10 Å². The topological polar surface area (TPSA) is 59.0 Å². The Hall–Kier alpha value is -1.69. The zero-order chi connectivity index (χ0) is 9.84. The Labute approximate surface area is 77.7 Å². The first-order valence-electron chi connectivity index (χ1n) is 4.06. The lowest BCUT2D eigenvalue weighted by molar-refractivity contribution is 0.275. The predicted molar refractivity (Wildman–Crippen MR) is 51.3 cm³/mol. The van der Waals surface area contributed by atoms with Gasteiger partial charge in [-0.05, 0) is 25.5 Å². The molecule has 0 saturated carbocycles. The molecule has 0 saturated heterocycles. The standard InChI is InChI=1S/C10H12N2O/c1-7-3-4-9(12)5-10(7)13-8(2)6-11/h3-5,8H,12H2,1-2H3. The lowest BCUT2D eigenvalue weighted by Gasteiger charge is -2.10. The molecule has 0 aliphatic rings. The van der Waals surface area contributed by atoms with Crippen molar-refractivity contribution in [3.05, 3.63) is 23.8 Å². The molecule has 0 aliphatic heterocycles. The zero-order valence-electron chi connectivity index (χ0n) is 7.74. The lowest BCUT2D eigenvalue weighted by atomic mass is 10.2. The number of benzene rings is 1. The molecule has 0 radical (unpaired) electrons. The Kier molecular flexibility index (Phi) is 2.76. The van der Waals surface area contributed by atoms with Gasteiger partial charge < -0.3 is 10.5 Å². The van der Waals surface area contributed by atoms with Crippen LogP contribution in [0.1, 0.15) is 12.5 Å². The fraction of sp³-hybridized carbons (Fsp3) is 0.300. The highest BCUT2D eigenvalue weighted by Crippen LogP contribution is 2.21. The molecule has 13 heavy (non-hydrogen) atoms. The van der Waals surface area contributed by atoms with Gasteiger partial charge in [-0.1, -0.05) is 6.07 Å². The third-order valence-corrected chi connectivity index (χ3v) is 1.70. The van der Waals surface area contributed by atoms with Crippen LogP contribution in [0.4, 0.5) is 5.69 Å². The number of rotatable bonds is 2. The van der Waals surface area contributed by atoms with Crippen LogP contribution in [0, 0.1) is 18.3 Å². The van der Waals surface area contributed by atoms with Gasteiger partial charge in [-0.25, -0.2) is 0 Å². The number of hydrogen-bond donors (Lipinski definition) is 1. The van der Waals surface area contributed by atoms with Crippen molar-refractivity contribution >= 4 is 5.69 Å². The van der Waals surface area contributed by atoms with E-state index in [4.69, 9.17) is 15.7 Å². The molecule has 1 aromatic carbocycles. The van der Waals surface area contributed by atoms with Gasteiger partial charge in [-0.2, -0.15) is 5.26 Å². The number of nitrogens with zero attached hydrogens (tertiary/aromatic N) is 1. The number of nitrogens with two attached hydrogens (primary N) is 1. The van der Waals surface area contributed by atoms with Crippen LogP contribution < -0.4 is 10.5 Å². The second-order valence-corrected chi connectivity index (χ2v) is 2.91. The first kappa shape index (κ1) is 9.40. The van der Waals surface area contributed by atoms with E-state index in [0.29, 0.717) is 11.4 Å². The molecule has 0 spiro atoms. The van der Waals surface area contributed by atoms with E-state index in [9.17, 15) is 0 Å². The highest BCUT2D eigenvalue weighted by molar-refractivity contribution is 5.48. The van der Waals surface area contributed by atoms with Crippen molar-refractivity contribution < 1.29 is 4.74 Å². The Bertz CT molecular complexity index is 341. The van der Waals surface area contributed by atoms with Gasteiger partial charge in [-0.3, -0.25) is 0 Å². The van der Waals surface area contributed by atoms with E-state index in [1.165, 1.54) is 0 Å². The van der Waals surface area contributed by atoms with Gasteiger partial charge >= 0.3 is 0 Å². The predicted octanol–water partition coefficient (Wildman–Crippen LogP) is 1.87. The molecule has 68 valence electrons. The molecule has 1 aromatic rings. The summed E-state index contributed by atoms with van der Waals surface area (Å²) in [5.74, 6) is 0.675. The molecule has 0 fully saturated rings. The van der Waals surface area contributed by atoms with E-state index in [1.807, 2.05) is 19.1 Å². The largest absolute Gasteiger partial charge is 0.476 e. The fourth-order valence-corrected chi connectivity index (χ4v) is 0.960. The summed E-state index contributed by atoms with van der Waals surface area (Å²) < 4.78 is 5.33. The normalized spacial score (nSPS) is 11.8. The monoisotopic (exact) mass is 176 g/mol. The van der Waals surface area contributed by atoms with Gasteiger partial charge in [0.1, 0.15) is 11.8 Å². The van der Waals surface area contributed by atoms with Crippen LogP contribution in [-0.2, 0) is 0 Å². The van der Waals surface area contributed by atoms with Crippen LogP contribution in [-0.4, -0.2) is 6.10 Å². The van der Waals surface area contributed by atoms with E-state index in [-0.39, 0.29) is 0 Å². The van der Waals surface area contributed by atoms with Crippen molar-refractivity contribution in [1.29, 1.82) is 5.26 Å². The average Bonchev–Trinajstić information content (AvgIpc) is 2.11. The van der Waals surface area contributed by atoms with Gasteiger partial charge in [0.25, 0.3) is 0 Å².